The van der Waals surface area contributed by atoms with E-state index in [1.165, 1.54) is 0 Å². The molecule has 0 bridgehead atoms. The zero-order chi connectivity index (χ0) is 11.8. The third-order valence-corrected chi connectivity index (χ3v) is 3.32. The first-order chi connectivity index (χ1) is 8.24. The van der Waals surface area contributed by atoms with Gasteiger partial charge in [0.1, 0.15) is 5.65 Å². The Morgan fingerprint density at radius 3 is 2.56 bits per heavy atom. The molecule has 0 aliphatic heterocycles. The van der Waals surface area contributed by atoms with E-state index < -0.39 is 0 Å². The van der Waals surface area contributed by atoms with E-state index in [9.17, 15) is 0 Å². The van der Waals surface area contributed by atoms with Gasteiger partial charge in [0.25, 0.3) is 0 Å². The summed E-state index contributed by atoms with van der Waals surface area (Å²) in [5.41, 5.74) is 2.76. The molecule has 0 saturated heterocycles. The minimum atomic E-state index is 0. The molecule has 3 aromatic rings. The lowest BCUT2D eigenvalue weighted by Crippen LogP contribution is -3.00. The summed E-state index contributed by atoms with van der Waals surface area (Å²) in [6.45, 7) is 0. The normalized spacial score (nSPS) is 10.3. The third-order valence-electron chi connectivity index (χ3n) is 2.58. The van der Waals surface area contributed by atoms with Gasteiger partial charge in [-0.05, 0) is 24.3 Å². The second-order valence-corrected chi connectivity index (χ2v) is 4.54. The zero-order valence-corrected chi connectivity index (χ0v) is 12.2. The van der Waals surface area contributed by atoms with Crippen LogP contribution in [0.3, 0.4) is 0 Å². The van der Waals surface area contributed by atoms with Crippen LogP contribution in [0.25, 0.3) is 16.9 Å². The van der Waals surface area contributed by atoms with Crippen molar-refractivity contribution in [2.45, 2.75) is 0 Å². The molecule has 0 radical (unpaired) electrons. The predicted molar refractivity (Wildman–Crippen MR) is 70.6 cm³/mol. The Bertz CT molecular complexity index is 661. The number of pyridine rings is 1. The van der Waals surface area contributed by atoms with Crippen LogP contribution in [0.15, 0.2) is 48.8 Å². The molecule has 0 spiro atoms. The molecule has 0 atom stereocenters. The minimum absolute atomic E-state index is 0. The maximum atomic E-state index is 6.00. The summed E-state index contributed by atoms with van der Waals surface area (Å²) in [5, 5.41) is 1.10. The lowest BCUT2D eigenvalue weighted by atomic mass is 10.2. The molecule has 3 rings (SSSR count). The highest BCUT2D eigenvalue weighted by atomic mass is 79.9. The first-order valence-corrected chi connectivity index (χ1v) is 5.89. The Hall–Kier alpha value is -1.03. The first kappa shape index (κ1) is 13.4. The van der Waals surface area contributed by atoms with E-state index in [-0.39, 0.29) is 17.0 Å². The van der Waals surface area contributed by atoms with Crippen LogP contribution in [0.1, 0.15) is 0 Å². The van der Waals surface area contributed by atoms with E-state index in [0.717, 1.165) is 16.9 Å². The SMILES string of the molecule is Clc1ccc(-c2cn3ccccc3n2)cc1Cl.[Br-]. The van der Waals surface area contributed by atoms with Crippen LogP contribution >= 0.6 is 23.2 Å². The lowest BCUT2D eigenvalue weighted by Gasteiger charge is -1.98. The van der Waals surface area contributed by atoms with E-state index in [0.29, 0.717) is 10.0 Å². The number of imidazole rings is 1. The molecule has 0 N–H and O–H groups in total. The average molecular weight is 343 g/mol. The Labute approximate surface area is 125 Å². The Balaban J connectivity index is 0.00000120. The maximum absolute atomic E-state index is 6.00. The molecule has 18 heavy (non-hydrogen) atoms. The minimum Gasteiger partial charge on any atom is -1.00 e. The van der Waals surface area contributed by atoms with Gasteiger partial charge >= 0.3 is 0 Å². The van der Waals surface area contributed by atoms with Crippen molar-refractivity contribution in [3.05, 3.63) is 58.8 Å². The van der Waals surface area contributed by atoms with Crippen molar-refractivity contribution in [2.24, 2.45) is 0 Å². The summed E-state index contributed by atoms with van der Waals surface area (Å²) in [6.07, 6.45) is 3.93. The second-order valence-electron chi connectivity index (χ2n) is 3.72. The smallest absolute Gasteiger partial charge is 0.137 e. The number of hydrogen-bond donors (Lipinski definition) is 0. The number of fused-ring (bicyclic) bond motifs is 1. The van der Waals surface area contributed by atoms with E-state index in [1.807, 2.05) is 47.1 Å². The highest BCUT2D eigenvalue weighted by Crippen LogP contribution is 2.28. The van der Waals surface area contributed by atoms with Crippen LogP contribution in [-0.4, -0.2) is 9.38 Å². The van der Waals surface area contributed by atoms with Gasteiger partial charge in [-0.25, -0.2) is 4.98 Å². The molecule has 2 nitrogen and oxygen atoms in total. The predicted octanol–water partition coefficient (Wildman–Crippen LogP) is 1.31. The molecule has 5 heteroatoms. The van der Waals surface area contributed by atoms with E-state index >= 15 is 0 Å². The van der Waals surface area contributed by atoms with Crippen molar-refractivity contribution < 1.29 is 17.0 Å². The topological polar surface area (TPSA) is 17.3 Å². The molecule has 0 saturated carbocycles. The molecule has 2 aromatic heterocycles. The fourth-order valence-electron chi connectivity index (χ4n) is 1.73. The van der Waals surface area contributed by atoms with Crippen LogP contribution in [0, 0.1) is 0 Å². The van der Waals surface area contributed by atoms with Gasteiger partial charge in [0.15, 0.2) is 0 Å². The highest BCUT2D eigenvalue weighted by Gasteiger charge is 2.06. The van der Waals surface area contributed by atoms with Crippen LogP contribution in [0.4, 0.5) is 0 Å². The number of hydrogen-bond acceptors (Lipinski definition) is 1. The molecule has 92 valence electrons. The first-order valence-electron chi connectivity index (χ1n) is 5.13. The fraction of sp³-hybridized carbons (Fsp3) is 0. The Morgan fingerprint density at radius 1 is 1.00 bits per heavy atom. The van der Waals surface area contributed by atoms with Crippen LogP contribution in [0.5, 0.6) is 0 Å². The summed E-state index contributed by atoms with van der Waals surface area (Å²) in [7, 11) is 0. The van der Waals surface area contributed by atoms with Gasteiger partial charge in [-0.1, -0.05) is 35.3 Å². The molecular formula is C13H8BrCl2N2-. The molecule has 2 heterocycles. The molecule has 0 aliphatic carbocycles. The van der Waals surface area contributed by atoms with Gasteiger partial charge in [0.2, 0.25) is 0 Å². The van der Waals surface area contributed by atoms with Gasteiger partial charge in [-0.15, -0.1) is 0 Å². The zero-order valence-electron chi connectivity index (χ0n) is 9.15. The van der Waals surface area contributed by atoms with Gasteiger partial charge in [0.05, 0.1) is 15.7 Å². The maximum Gasteiger partial charge on any atom is 0.137 e. The van der Waals surface area contributed by atoms with Crippen LogP contribution in [0.2, 0.25) is 10.0 Å². The van der Waals surface area contributed by atoms with Crippen molar-refractivity contribution >= 4 is 28.8 Å². The molecule has 0 fully saturated rings. The number of halogens is 3. The molecular weight excluding hydrogens is 335 g/mol. The molecule has 0 aliphatic rings. The lowest BCUT2D eigenvalue weighted by molar-refractivity contribution is -0.00000324. The third kappa shape index (κ3) is 2.39. The molecule has 1 aromatic carbocycles. The number of rotatable bonds is 1. The van der Waals surface area contributed by atoms with Gasteiger partial charge in [0, 0.05) is 18.0 Å². The average Bonchev–Trinajstić information content (AvgIpc) is 2.76. The Kier molecular flexibility index (Phi) is 3.95. The fourth-order valence-corrected chi connectivity index (χ4v) is 2.03. The van der Waals surface area contributed by atoms with Gasteiger partial charge < -0.3 is 21.4 Å². The Morgan fingerprint density at radius 2 is 1.83 bits per heavy atom. The quantitative estimate of drug-likeness (QED) is 0.652. The molecule has 0 unspecified atom stereocenters. The standard InChI is InChI=1S/C13H8Cl2N2.BrH/c14-10-5-4-9(7-11(10)15)12-8-17-6-2-1-3-13(17)16-12;/h1-8H;1H/p-1. The van der Waals surface area contributed by atoms with Crippen molar-refractivity contribution in [2.75, 3.05) is 0 Å². The van der Waals surface area contributed by atoms with Crippen molar-refractivity contribution in [1.29, 1.82) is 0 Å². The molecule has 0 amide bonds. The second kappa shape index (κ2) is 5.31. The number of aromatic nitrogens is 2. The summed E-state index contributed by atoms with van der Waals surface area (Å²) < 4.78 is 1.97. The highest BCUT2D eigenvalue weighted by molar-refractivity contribution is 6.42. The summed E-state index contributed by atoms with van der Waals surface area (Å²) in [5.74, 6) is 0. The summed E-state index contributed by atoms with van der Waals surface area (Å²) >= 11 is 11.9. The van der Waals surface area contributed by atoms with Gasteiger partial charge in [-0.2, -0.15) is 0 Å². The van der Waals surface area contributed by atoms with Crippen molar-refractivity contribution in [3.63, 3.8) is 0 Å². The number of benzene rings is 1. The monoisotopic (exact) mass is 341 g/mol. The summed E-state index contributed by atoms with van der Waals surface area (Å²) in [4.78, 5) is 4.51. The largest absolute Gasteiger partial charge is 1.00 e. The van der Waals surface area contributed by atoms with Crippen molar-refractivity contribution in [3.8, 4) is 11.3 Å². The van der Waals surface area contributed by atoms with Crippen molar-refractivity contribution in [1.82, 2.24) is 9.38 Å². The van der Waals surface area contributed by atoms with Crippen LogP contribution < -0.4 is 17.0 Å². The van der Waals surface area contributed by atoms with E-state index in [4.69, 9.17) is 23.2 Å². The summed E-state index contributed by atoms with van der Waals surface area (Å²) in [6, 6.07) is 11.4. The number of nitrogens with zero attached hydrogens (tertiary/aromatic N) is 2. The van der Waals surface area contributed by atoms with Crippen LogP contribution in [-0.2, 0) is 0 Å². The van der Waals surface area contributed by atoms with E-state index in [1.54, 1.807) is 6.07 Å². The van der Waals surface area contributed by atoms with E-state index in [2.05, 4.69) is 4.98 Å². The van der Waals surface area contributed by atoms with Gasteiger partial charge in [-0.3, -0.25) is 0 Å².